The molecular weight excluding hydrogens is 212 g/mol. The van der Waals surface area contributed by atoms with Gasteiger partial charge in [0.15, 0.2) is 5.78 Å². The molecule has 2 atom stereocenters. The van der Waals surface area contributed by atoms with Crippen LogP contribution in [0.3, 0.4) is 0 Å². The maximum atomic E-state index is 11.1. The molecule has 0 saturated heterocycles. The third-order valence-corrected chi connectivity index (χ3v) is 2.41. The number of allylic oxidation sites excluding steroid dienone is 1. The quantitative estimate of drug-likeness (QED) is 0.541. The van der Waals surface area contributed by atoms with Crippen LogP contribution in [0.2, 0.25) is 0 Å². The standard InChI is InChI=1S/C11H14O5/c1-15-9-7-8(12)3-5-11(9,14)6-4-10(13)16-2/h3-6,9,14H,7H2,1-2H3/b6-4+. The SMILES string of the molecule is COC(=O)/C=C/C1(O)C=CC(=O)CC1OC. The number of rotatable bonds is 3. The highest BCUT2D eigenvalue weighted by molar-refractivity contribution is 5.92. The van der Waals surface area contributed by atoms with Gasteiger partial charge in [-0.2, -0.15) is 0 Å². The van der Waals surface area contributed by atoms with E-state index in [1.165, 1.54) is 32.4 Å². The Balaban J connectivity index is 2.88. The van der Waals surface area contributed by atoms with E-state index in [1.54, 1.807) is 0 Å². The van der Waals surface area contributed by atoms with Gasteiger partial charge in [-0.15, -0.1) is 0 Å². The first-order chi connectivity index (χ1) is 7.51. The Morgan fingerprint density at radius 2 is 2.31 bits per heavy atom. The summed E-state index contributed by atoms with van der Waals surface area (Å²) in [7, 11) is 2.64. The van der Waals surface area contributed by atoms with Crippen molar-refractivity contribution in [2.45, 2.75) is 18.1 Å². The predicted octanol–water partition coefficient (Wildman–Crippen LogP) is -0.00930. The number of carbonyl (C=O) groups excluding carboxylic acids is 2. The number of carbonyl (C=O) groups is 2. The van der Waals surface area contributed by atoms with E-state index in [9.17, 15) is 14.7 Å². The van der Waals surface area contributed by atoms with Gasteiger partial charge >= 0.3 is 5.97 Å². The van der Waals surface area contributed by atoms with E-state index in [4.69, 9.17) is 4.74 Å². The summed E-state index contributed by atoms with van der Waals surface area (Å²) >= 11 is 0. The third kappa shape index (κ3) is 2.77. The van der Waals surface area contributed by atoms with E-state index in [2.05, 4.69) is 4.74 Å². The minimum absolute atomic E-state index is 0.0784. The van der Waals surface area contributed by atoms with E-state index in [-0.39, 0.29) is 12.2 Å². The van der Waals surface area contributed by atoms with Crippen LogP contribution in [0.25, 0.3) is 0 Å². The molecule has 2 unspecified atom stereocenters. The normalized spacial score (nSPS) is 29.7. The van der Waals surface area contributed by atoms with Crippen LogP contribution in [0.15, 0.2) is 24.3 Å². The highest BCUT2D eigenvalue weighted by Crippen LogP contribution is 2.24. The Labute approximate surface area is 93.3 Å². The molecule has 0 amide bonds. The molecular formula is C11H14O5. The molecule has 1 rings (SSSR count). The number of methoxy groups -OCH3 is 2. The van der Waals surface area contributed by atoms with Crippen LogP contribution in [0.4, 0.5) is 0 Å². The highest BCUT2D eigenvalue weighted by Gasteiger charge is 2.36. The molecule has 0 fully saturated rings. The van der Waals surface area contributed by atoms with E-state index in [0.717, 1.165) is 6.08 Å². The average Bonchev–Trinajstić information content (AvgIpc) is 2.29. The summed E-state index contributed by atoms with van der Waals surface area (Å²) in [6.07, 6.45) is 4.34. The summed E-state index contributed by atoms with van der Waals surface area (Å²) in [4.78, 5) is 22.0. The van der Waals surface area contributed by atoms with E-state index in [1.807, 2.05) is 0 Å². The molecule has 5 heteroatoms. The summed E-state index contributed by atoms with van der Waals surface area (Å²) in [6.45, 7) is 0. The van der Waals surface area contributed by atoms with Crippen LogP contribution in [-0.4, -0.2) is 42.8 Å². The zero-order valence-electron chi connectivity index (χ0n) is 9.17. The van der Waals surface area contributed by atoms with Gasteiger partial charge in [-0.25, -0.2) is 4.79 Å². The molecule has 5 nitrogen and oxygen atoms in total. The van der Waals surface area contributed by atoms with Gasteiger partial charge in [0, 0.05) is 19.6 Å². The van der Waals surface area contributed by atoms with Crippen molar-refractivity contribution in [2.24, 2.45) is 0 Å². The summed E-state index contributed by atoms with van der Waals surface area (Å²) < 4.78 is 9.43. The fourth-order valence-corrected chi connectivity index (χ4v) is 1.45. The fraction of sp³-hybridized carbons (Fsp3) is 0.455. The lowest BCUT2D eigenvalue weighted by atomic mass is 9.87. The summed E-state index contributed by atoms with van der Waals surface area (Å²) in [5, 5.41) is 10.1. The van der Waals surface area contributed by atoms with Crippen molar-refractivity contribution >= 4 is 11.8 Å². The largest absolute Gasteiger partial charge is 0.466 e. The van der Waals surface area contributed by atoms with E-state index in [0.29, 0.717) is 0 Å². The summed E-state index contributed by atoms with van der Waals surface area (Å²) in [5.41, 5.74) is -1.45. The van der Waals surface area contributed by atoms with Gasteiger partial charge in [-0.3, -0.25) is 4.79 Å². The third-order valence-electron chi connectivity index (χ3n) is 2.41. The Hall–Kier alpha value is -1.46. The predicted molar refractivity (Wildman–Crippen MR) is 55.7 cm³/mol. The number of hydrogen-bond donors (Lipinski definition) is 1. The minimum atomic E-state index is -1.45. The molecule has 0 aromatic carbocycles. The van der Waals surface area contributed by atoms with Gasteiger partial charge in [0.1, 0.15) is 11.7 Å². The topological polar surface area (TPSA) is 72.8 Å². The van der Waals surface area contributed by atoms with Crippen molar-refractivity contribution in [1.29, 1.82) is 0 Å². The zero-order valence-corrected chi connectivity index (χ0v) is 9.17. The molecule has 0 heterocycles. The summed E-state index contributed by atoms with van der Waals surface area (Å²) in [5.74, 6) is -0.698. The van der Waals surface area contributed by atoms with Gasteiger partial charge in [0.05, 0.1) is 7.11 Å². The van der Waals surface area contributed by atoms with Crippen molar-refractivity contribution in [1.82, 2.24) is 0 Å². The molecule has 0 aromatic heterocycles. The van der Waals surface area contributed by atoms with Crippen molar-refractivity contribution in [2.75, 3.05) is 14.2 Å². The van der Waals surface area contributed by atoms with Crippen molar-refractivity contribution in [3.05, 3.63) is 24.3 Å². The van der Waals surface area contributed by atoms with Crippen molar-refractivity contribution < 1.29 is 24.2 Å². The first-order valence-electron chi connectivity index (χ1n) is 4.76. The van der Waals surface area contributed by atoms with Crippen LogP contribution < -0.4 is 0 Å². The Kier molecular flexibility index (Phi) is 3.98. The van der Waals surface area contributed by atoms with Crippen LogP contribution >= 0.6 is 0 Å². The Morgan fingerprint density at radius 1 is 1.62 bits per heavy atom. The molecule has 0 saturated carbocycles. The molecule has 0 bridgehead atoms. The maximum absolute atomic E-state index is 11.1. The van der Waals surface area contributed by atoms with Crippen LogP contribution in [-0.2, 0) is 19.1 Å². The first-order valence-corrected chi connectivity index (χ1v) is 4.76. The molecule has 0 spiro atoms. The lowest BCUT2D eigenvalue weighted by Gasteiger charge is -2.31. The number of hydrogen-bond acceptors (Lipinski definition) is 5. The summed E-state index contributed by atoms with van der Waals surface area (Å²) in [6, 6.07) is 0. The van der Waals surface area contributed by atoms with E-state index >= 15 is 0 Å². The smallest absolute Gasteiger partial charge is 0.330 e. The molecule has 0 aromatic rings. The number of esters is 1. The second-order valence-corrected chi connectivity index (χ2v) is 3.47. The fourth-order valence-electron chi connectivity index (χ4n) is 1.45. The second kappa shape index (κ2) is 5.05. The Bertz CT molecular complexity index is 344. The lowest BCUT2D eigenvalue weighted by molar-refractivity contribution is -0.135. The van der Waals surface area contributed by atoms with Gasteiger partial charge in [0.25, 0.3) is 0 Å². The second-order valence-electron chi connectivity index (χ2n) is 3.47. The van der Waals surface area contributed by atoms with Crippen LogP contribution in [0.1, 0.15) is 6.42 Å². The molecule has 88 valence electrons. The Morgan fingerprint density at radius 3 is 2.88 bits per heavy atom. The van der Waals surface area contributed by atoms with Gasteiger partial charge in [-0.05, 0) is 18.2 Å². The molecule has 1 aliphatic carbocycles. The molecule has 0 aliphatic heterocycles. The van der Waals surface area contributed by atoms with Gasteiger partial charge < -0.3 is 14.6 Å². The minimum Gasteiger partial charge on any atom is -0.466 e. The molecule has 0 radical (unpaired) electrons. The van der Waals surface area contributed by atoms with E-state index < -0.39 is 17.7 Å². The van der Waals surface area contributed by atoms with Crippen molar-refractivity contribution in [3.63, 3.8) is 0 Å². The molecule has 1 aliphatic rings. The molecule has 1 N–H and O–H groups in total. The number of aliphatic hydroxyl groups is 1. The van der Waals surface area contributed by atoms with Crippen LogP contribution in [0, 0.1) is 0 Å². The number of ketones is 1. The monoisotopic (exact) mass is 226 g/mol. The highest BCUT2D eigenvalue weighted by atomic mass is 16.5. The average molecular weight is 226 g/mol. The maximum Gasteiger partial charge on any atom is 0.330 e. The zero-order chi connectivity index (χ0) is 12.2. The number of ether oxygens (including phenoxy) is 2. The van der Waals surface area contributed by atoms with Crippen LogP contribution in [0.5, 0.6) is 0 Å². The van der Waals surface area contributed by atoms with Crippen molar-refractivity contribution in [3.8, 4) is 0 Å². The van der Waals surface area contributed by atoms with Gasteiger partial charge in [0.2, 0.25) is 0 Å². The first kappa shape index (κ1) is 12.6. The van der Waals surface area contributed by atoms with Gasteiger partial charge in [-0.1, -0.05) is 0 Å². The molecule has 16 heavy (non-hydrogen) atoms. The lowest BCUT2D eigenvalue weighted by Crippen LogP contribution is -2.43.